The van der Waals surface area contributed by atoms with Crippen LogP contribution in [0.4, 0.5) is 11.6 Å². The Kier molecular flexibility index (Phi) is 6.51. The minimum Gasteiger partial charge on any atom is -0.492 e. The molecule has 7 heteroatoms. The van der Waals surface area contributed by atoms with Crippen LogP contribution in [0.25, 0.3) is 21.3 Å². The Bertz CT molecular complexity index is 1460. The van der Waals surface area contributed by atoms with Crippen molar-refractivity contribution in [2.75, 3.05) is 25.0 Å². The number of rotatable bonds is 6. The second-order valence-corrected chi connectivity index (χ2v) is 11.6. The molecule has 0 aliphatic carbocycles. The molecule has 2 aliphatic heterocycles. The number of anilines is 2. The maximum absolute atomic E-state index is 6.29. The van der Waals surface area contributed by atoms with Crippen molar-refractivity contribution in [2.24, 2.45) is 0 Å². The van der Waals surface area contributed by atoms with Crippen LogP contribution in [-0.4, -0.2) is 35.8 Å². The van der Waals surface area contributed by atoms with Gasteiger partial charge in [-0.05, 0) is 88.4 Å². The fraction of sp³-hybridized carbons (Fsp3) is 0.400. The molecule has 2 aromatic carbocycles. The minimum absolute atomic E-state index is 0.0684. The zero-order valence-electron chi connectivity index (χ0n) is 22.0. The average molecular weight is 515 g/mol. The third-order valence-corrected chi connectivity index (χ3v) is 8.38. The molecule has 4 aromatic rings. The number of aromatic nitrogens is 2. The fourth-order valence-corrected chi connectivity index (χ4v) is 6.63. The molecule has 4 heterocycles. The Hall–Kier alpha value is -3.16. The number of ether oxygens (including phenoxy) is 2. The van der Waals surface area contributed by atoms with E-state index in [1.807, 2.05) is 6.20 Å². The Labute approximate surface area is 222 Å². The van der Waals surface area contributed by atoms with E-state index in [0.717, 1.165) is 77.5 Å². The number of piperidine rings is 1. The van der Waals surface area contributed by atoms with Gasteiger partial charge in [0.15, 0.2) is 0 Å². The van der Waals surface area contributed by atoms with Crippen LogP contribution in [0.15, 0.2) is 36.5 Å². The molecule has 1 saturated heterocycles. The third kappa shape index (κ3) is 4.66. The van der Waals surface area contributed by atoms with Crippen LogP contribution >= 0.6 is 11.3 Å². The van der Waals surface area contributed by atoms with E-state index in [1.165, 1.54) is 21.6 Å². The lowest BCUT2D eigenvalue weighted by Gasteiger charge is -2.26. The summed E-state index contributed by atoms with van der Waals surface area (Å²) < 4.78 is 13.4. The van der Waals surface area contributed by atoms with E-state index in [4.69, 9.17) is 14.5 Å². The maximum Gasteiger partial charge on any atom is 0.227 e. The standard InChI is InChI=1S/C30H34N4O2S/c1-17(2)36-25-15-23(20-8-11-31-12-9-20)18(3)14-24(25)33-30-32-16-26-28(34-30)27(19(4)37-26)22-7-5-6-21-10-13-35-29(21)22/h5-7,14-17,20,31H,8-13H2,1-4H3,(H,32,33,34). The average Bonchev–Trinajstić information content (AvgIpc) is 3.49. The highest BCUT2D eigenvalue weighted by atomic mass is 32.1. The summed E-state index contributed by atoms with van der Waals surface area (Å²) >= 11 is 1.73. The van der Waals surface area contributed by atoms with Crippen LogP contribution in [0.2, 0.25) is 0 Å². The number of nitrogens with zero attached hydrogens (tertiary/aromatic N) is 2. The number of hydrogen-bond donors (Lipinski definition) is 2. The molecule has 2 N–H and O–H groups in total. The zero-order valence-corrected chi connectivity index (χ0v) is 22.8. The van der Waals surface area contributed by atoms with E-state index in [1.54, 1.807) is 11.3 Å². The SMILES string of the molecule is Cc1cc(Nc2ncc3sc(C)c(-c4cccc5c4OCC5)c3n2)c(OC(C)C)cc1C1CCNCC1. The van der Waals surface area contributed by atoms with Gasteiger partial charge in [-0.3, -0.25) is 0 Å². The molecular weight excluding hydrogens is 480 g/mol. The van der Waals surface area contributed by atoms with Crippen molar-refractivity contribution in [3.05, 3.63) is 58.1 Å². The number of hydrogen-bond acceptors (Lipinski definition) is 7. The Morgan fingerprint density at radius 1 is 1.16 bits per heavy atom. The molecule has 0 amide bonds. The smallest absolute Gasteiger partial charge is 0.227 e. The van der Waals surface area contributed by atoms with Gasteiger partial charge in [0.2, 0.25) is 5.95 Å². The maximum atomic E-state index is 6.29. The van der Waals surface area contributed by atoms with Crippen molar-refractivity contribution in [1.82, 2.24) is 15.3 Å². The molecule has 0 spiro atoms. The van der Waals surface area contributed by atoms with Gasteiger partial charge >= 0.3 is 0 Å². The summed E-state index contributed by atoms with van der Waals surface area (Å²) in [6, 6.07) is 10.8. The van der Waals surface area contributed by atoms with Gasteiger partial charge in [-0.2, -0.15) is 0 Å². The van der Waals surface area contributed by atoms with Gasteiger partial charge in [0.05, 0.1) is 34.8 Å². The Balaban J connectivity index is 1.39. The van der Waals surface area contributed by atoms with Crippen molar-refractivity contribution in [1.29, 1.82) is 0 Å². The molecule has 6 rings (SSSR count). The molecule has 192 valence electrons. The van der Waals surface area contributed by atoms with Crippen LogP contribution in [-0.2, 0) is 6.42 Å². The summed E-state index contributed by atoms with van der Waals surface area (Å²) in [5, 5.41) is 6.97. The highest BCUT2D eigenvalue weighted by Gasteiger charge is 2.23. The van der Waals surface area contributed by atoms with E-state index in [9.17, 15) is 0 Å². The van der Waals surface area contributed by atoms with Gasteiger partial charge in [-0.25, -0.2) is 9.97 Å². The Morgan fingerprint density at radius 2 is 2.00 bits per heavy atom. The molecule has 0 unspecified atom stereocenters. The second kappa shape index (κ2) is 9.95. The number of thiophene rings is 1. The first-order chi connectivity index (χ1) is 18.0. The zero-order chi connectivity index (χ0) is 25.5. The van der Waals surface area contributed by atoms with E-state index >= 15 is 0 Å². The van der Waals surface area contributed by atoms with Crippen LogP contribution < -0.4 is 20.1 Å². The van der Waals surface area contributed by atoms with Crippen molar-refractivity contribution in [3.8, 4) is 22.6 Å². The first kappa shape index (κ1) is 24.2. The summed E-state index contributed by atoms with van der Waals surface area (Å²) in [5.74, 6) is 2.98. The molecule has 0 atom stereocenters. The van der Waals surface area contributed by atoms with Crippen LogP contribution in [0, 0.1) is 13.8 Å². The van der Waals surface area contributed by atoms with E-state index in [2.05, 4.69) is 73.6 Å². The molecule has 2 aliphatic rings. The molecule has 37 heavy (non-hydrogen) atoms. The first-order valence-electron chi connectivity index (χ1n) is 13.3. The fourth-order valence-electron chi connectivity index (χ4n) is 5.64. The summed E-state index contributed by atoms with van der Waals surface area (Å²) in [4.78, 5) is 10.9. The van der Waals surface area contributed by atoms with Gasteiger partial charge in [-0.15, -0.1) is 11.3 Å². The summed E-state index contributed by atoms with van der Waals surface area (Å²) in [7, 11) is 0. The van der Waals surface area contributed by atoms with Gasteiger partial charge in [0, 0.05) is 22.4 Å². The van der Waals surface area contributed by atoms with E-state index in [-0.39, 0.29) is 6.10 Å². The summed E-state index contributed by atoms with van der Waals surface area (Å²) in [6.45, 7) is 11.4. The topological polar surface area (TPSA) is 68.3 Å². The van der Waals surface area contributed by atoms with Gasteiger partial charge in [0.1, 0.15) is 11.5 Å². The van der Waals surface area contributed by atoms with Crippen molar-refractivity contribution >= 4 is 33.2 Å². The number of nitrogens with one attached hydrogen (secondary N) is 2. The molecule has 0 radical (unpaired) electrons. The first-order valence-corrected chi connectivity index (χ1v) is 14.1. The van der Waals surface area contributed by atoms with E-state index < -0.39 is 0 Å². The van der Waals surface area contributed by atoms with Gasteiger partial charge in [-0.1, -0.05) is 18.2 Å². The lowest BCUT2D eigenvalue weighted by Crippen LogP contribution is -2.27. The highest BCUT2D eigenvalue weighted by Crippen LogP contribution is 2.44. The lowest BCUT2D eigenvalue weighted by molar-refractivity contribution is 0.243. The number of benzene rings is 2. The molecule has 1 fully saturated rings. The molecule has 0 saturated carbocycles. The van der Waals surface area contributed by atoms with Crippen LogP contribution in [0.5, 0.6) is 11.5 Å². The van der Waals surface area contributed by atoms with Gasteiger partial charge < -0.3 is 20.1 Å². The highest BCUT2D eigenvalue weighted by molar-refractivity contribution is 7.19. The summed E-state index contributed by atoms with van der Waals surface area (Å²) in [5.41, 5.74) is 8.04. The van der Waals surface area contributed by atoms with Crippen molar-refractivity contribution in [3.63, 3.8) is 0 Å². The van der Waals surface area contributed by atoms with Crippen molar-refractivity contribution in [2.45, 2.75) is 59.0 Å². The molecule has 6 nitrogen and oxygen atoms in total. The normalized spacial score (nSPS) is 15.7. The van der Waals surface area contributed by atoms with E-state index in [0.29, 0.717) is 11.9 Å². The summed E-state index contributed by atoms with van der Waals surface area (Å²) in [6.07, 6.45) is 5.26. The Morgan fingerprint density at radius 3 is 2.81 bits per heavy atom. The number of para-hydroxylation sites is 1. The third-order valence-electron chi connectivity index (χ3n) is 7.35. The number of fused-ring (bicyclic) bond motifs is 2. The minimum atomic E-state index is 0.0684. The second-order valence-electron chi connectivity index (χ2n) is 10.4. The predicted molar refractivity (Wildman–Crippen MR) is 152 cm³/mol. The molecule has 2 aromatic heterocycles. The van der Waals surface area contributed by atoms with Crippen LogP contribution in [0.3, 0.4) is 0 Å². The molecular formula is C30H34N4O2S. The van der Waals surface area contributed by atoms with Crippen molar-refractivity contribution < 1.29 is 9.47 Å². The van der Waals surface area contributed by atoms with Crippen LogP contribution in [0.1, 0.15) is 54.2 Å². The van der Waals surface area contributed by atoms with Gasteiger partial charge in [0.25, 0.3) is 0 Å². The largest absolute Gasteiger partial charge is 0.492 e. The monoisotopic (exact) mass is 514 g/mol. The predicted octanol–water partition coefficient (Wildman–Crippen LogP) is 6.91. The number of aryl methyl sites for hydroxylation is 2. The lowest BCUT2D eigenvalue weighted by atomic mass is 9.87. The molecule has 0 bridgehead atoms. The quantitative estimate of drug-likeness (QED) is 0.291.